The van der Waals surface area contributed by atoms with Gasteiger partial charge in [0.2, 0.25) is 10.0 Å². The Balaban J connectivity index is 1.40. The smallest absolute Gasteiger partial charge is 0.248 e. The summed E-state index contributed by atoms with van der Waals surface area (Å²) < 4.78 is 46.9. The minimum Gasteiger partial charge on any atom is -0.360 e. The van der Waals surface area contributed by atoms with Crippen molar-refractivity contribution in [1.29, 1.82) is 0 Å². The van der Waals surface area contributed by atoms with Crippen molar-refractivity contribution >= 4 is 37.4 Å². The van der Waals surface area contributed by atoms with Gasteiger partial charge >= 0.3 is 0 Å². The molecule has 0 bridgehead atoms. The van der Waals surface area contributed by atoms with E-state index in [9.17, 15) is 12.8 Å². The molecule has 166 valence electrons. The van der Waals surface area contributed by atoms with Crippen molar-refractivity contribution in [2.45, 2.75) is 18.7 Å². The third-order valence-electron chi connectivity index (χ3n) is 5.53. The van der Waals surface area contributed by atoms with Crippen molar-refractivity contribution < 1.29 is 17.3 Å². The Morgan fingerprint density at radius 3 is 2.44 bits per heavy atom. The third kappa shape index (κ3) is 3.55. The molecule has 0 spiro atoms. The van der Waals surface area contributed by atoms with Crippen LogP contribution in [0.5, 0.6) is 0 Å². The van der Waals surface area contributed by atoms with Gasteiger partial charge in [0.15, 0.2) is 5.76 Å². The van der Waals surface area contributed by atoms with Crippen LogP contribution in [0.4, 0.5) is 10.2 Å². The quantitative estimate of drug-likeness (QED) is 0.447. The van der Waals surface area contributed by atoms with Crippen molar-refractivity contribution in [3.63, 3.8) is 0 Å². The van der Waals surface area contributed by atoms with Gasteiger partial charge in [-0.05, 0) is 37.6 Å². The van der Waals surface area contributed by atoms with E-state index in [2.05, 4.69) is 20.0 Å². The number of benzene rings is 1. The lowest BCUT2D eigenvalue weighted by atomic mass is 10.2. The molecule has 0 atom stereocenters. The molecule has 1 saturated heterocycles. The predicted molar refractivity (Wildman–Crippen MR) is 120 cm³/mol. The molecule has 3 aromatic heterocycles. The maximum Gasteiger partial charge on any atom is 0.248 e. The zero-order chi connectivity index (χ0) is 22.5. The summed E-state index contributed by atoms with van der Waals surface area (Å²) in [6.45, 7) is 4.89. The van der Waals surface area contributed by atoms with Gasteiger partial charge in [-0.2, -0.15) is 4.31 Å². The number of nitrogens with zero attached hydrogens (tertiary/aromatic N) is 5. The lowest BCUT2D eigenvalue weighted by molar-refractivity contribution is 0.378. The van der Waals surface area contributed by atoms with Gasteiger partial charge in [-0.15, -0.1) is 11.3 Å². The average molecular weight is 474 g/mol. The third-order valence-corrected chi connectivity index (χ3v) is 8.84. The number of halogens is 1. The normalized spacial score (nSPS) is 15.5. The van der Waals surface area contributed by atoms with E-state index >= 15 is 0 Å². The van der Waals surface area contributed by atoms with Crippen LogP contribution in [0.3, 0.4) is 0 Å². The van der Waals surface area contributed by atoms with Crippen molar-refractivity contribution in [3.05, 3.63) is 53.9 Å². The number of thiophene rings is 1. The molecule has 4 heterocycles. The van der Waals surface area contributed by atoms with Gasteiger partial charge in [0, 0.05) is 31.1 Å². The highest BCUT2D eigenvalue weighted by atomic mass is 32.2. The first-order valence-electron chi connectivity index (χ1n) is 10.0. The number of hydrogen-bond donors (Lipinski definition) is 0. The number of aromatic nitrogens is 3. The summed E-state index contributed by atoms with van der Waals surface area (Å²) in [5, 5.41) is 3.78. The topological polar surface area (TPSA) is 92.4 Å². The van der Waals surface area contributed by atoms with Gasteiger partial charge in [-0.25, -0.2) is 22.8 Å². The van der Waals surface area contributed by atoms with E-state index in [-0.39, 0.29) is 10.7 Å². The Hall–Kier alpha value is -2.89. The van der Waals surface area contributed by atoms with E-state index in [1.807, 2.05) is 6.07 Å². The zero-order valence-corrected chi connectivity index (χ0v) is 19.1. The second-order valence-electron chi connectivity index (χ2n) is 7.57. The molecule has 4 aromatic rings. The summed E-state index contributed by atoms with van der Waals surface area (Å²) in [5.41, 5.74) is 2.09. The van der Waals surface area contributed by atoms with Crippen LogP contribution >= 0.6 is 11.3 Å². The van der Waals surface area contributed by atoms with E-state index in [4.69, 9.17) is 4.52 Å². The molecule has 8 nitrogen and oxygen atoms in total. The lowest BCUT2D eigenvalue weighted by Crippen LogP contribution is -2.49. The summed E-state index contributed by atoms with van der Waals surface area (Å²) in [7, 11) is -3.67. The lowest BCUT2D eigenvalue weighted by Gasteiger charge is -2.34. The van der Waals surface area contributed by atoms with Crippen LogP contribution in [0.15, 0.2) is 46.1 Å². The van der Waals surface area contributed by atoms with E-state index in [1.165, 1.54) is 22.8 Å². The Labute approximate surface area is 188 Å². The van der Waals surface area contributed by atoms with Crippen molar-refractivity contribution in [2.75, 3.05) is 31.1 Å². The molecular weight excluding hydrogens is 453 g/mol. The maximum atomic E-state index is 13.3. The number of aryl methyl sites for hydroxylation is 2. The van der Waals surface area contributed by atoms with Crippen molar-refractivity contribution in [3.8, 4) is 10.4 Å². The van der Waals surface area contributed by atoms with Gasteiger partial charge in [0.25, 0.3) is 0 Å². The highest BCUT2D eigenvalue weighted by Crippen LogP contribution is 2.37. The summed E-state index contributed by atoms with van der Waals surface area (Å²) in [5.74, 6) is 0.803. The second kappa shape index (κ2) is 7.91. The molecule has 5 rings (SSSR count). The summed E-state index contributed by atoms with van der Waals surface area (Å²) >= 11 is 1.54. The largest absolute Gasteiger partial charge is 0.360 e. The molecule has 0 N–H and O–H groups in total. The molecule has 0 saturated carbocycles. The molecular formula is C21H20FN5O3S2. The number of sulfonamides is 1. The van der Waals surface area contributed by atoms with Crippen LogP contribution in [0, 0.1) is 19.7 Å². The average Bonchev–Trinajstić information content (AvgIpc) is 3.37. The minimum absolute atomic E-state index is 0.151. The van der Waals surface area contributed by atoms with Crippen molar-refractivity contribution in [1.82, 2.24) is 19.4 Å². The summed E-state index contributed by atoms with van der Waals surface area (Å²) in [4.78, 5) is 12.1. The number of rotatable bonds is 4. The van der Waals surface area contributed by atoms with Gasteiger partial charge < -0.3 is 9.42 Å². The number of fused-ring (bicyclic) bond motifs is 1. The number of hydrogen-bond acceptors (Lipinski definition) is 8. The molecule has 1 fully saturated rings. The van der Waals surface area contributed by atoms with Gasteiger partial charge in [0.05, 0.1) is 10.2 Å². The van der Waals surface area contributed by atoms with E-state index < -0.39 is 10.0 Å². The first kappa shape index (κ1) is 21.0. The molecule has 32 heavy (non-hydrogen) atoms. The van der Waals surface area contributed by atoms with Crippen LogP contribution < -0.4 is 4.90 Å². The molecule has 1 aromatic carbocycles. The molecule has 0 amide bonds. The Kier molecular flexibility index (Phi) is 5.19. The molecule has 0 unspecified atom stereocenters. The fourth-order valence-corrected chi connectivity index (χ4v) is 6.78. The van der Waals surface area contributed by atoms with E-state index in [0.29, 0.717) is 37.6 Å². The van der Waals surface area contributed by atoms with Gasteiger partial charge in [0.1, 0.15) is 28.6 Å². The number of piperazine rings is 1. The van der Waals surface area contributed by atoms with Crippen LogP contribution in [0.2, 0.25) is 0 Å². The molecule has 11 heteroatoms. The highest BCUT2D eigenvalue weighted by molar-refractivity contribution is 7.89. The van der Waals surface area contributed by atoms with Crippen LogP contribution in [0.25, 0.3) is 20.7 Å². The Morgan fingerprint density at radius 1 is 1.06 bits per heavy atom. The van der Waals surface area contributed by atoms with Crippen LogP contribution in [-0.4, -0.2) is 54.0 Å². The van der Waals surface area contributed by atoms with E-state index in [0.717, 1.165) is 26.5 Å². The second-order valence-corrected chi connectivity index (χ2v) is 10.5. The molecule has 0 aliphatic carbocycles. The molecule has 1 aliphatic rings. The first-order chi connectivity index (χ1) is 15.3. The fraction of sp³-hybridized carbons (Fsp3) is 0.286. The van der Waals surface area contributed by atoms with Gasteiger partial charge in [-0.3, -0.25) is 0 Å². The highest BCUT2D eigenvalue weighted by Gasteiger charge is 2.34. The van der Waals surface area contributed by atoms with Crippen LogP contribution in [0.1, 0.15) is 11.5 Å². The summed E-state index contributed by atoms with van der Waals surface area (Å²) in [6, 6.07) is 8.32. The zero-order valence-electron chi connectivity index (χ0n) is 17.4. The fourth-order valence-electron chi connectivity index (χ4n) is 3.94. The predicted octanol–water partition coefficient (Wildman–Crippen LogP) is 3.61. The maximum absolute atomic E-state index is 13.3. The number of anilines is 1. The molecule has 1 aliphatic heterocycles. The van der Waals surface area contributed by atoms with Crippen molar-refractivity contribution in [2.24, 2.45) is 0 Å². The minimum atomic E-state index is -3.67. The van der Waals surface area contributed by atoms with Gasteiger partial charge in [-0.1, -0.05) is 17.3 Å². The molecule has 0 radical (unpaired) electrons. The first-order valence-corrected chi connectivity index (χ1v) is 12.3. The van der Waals surface area contributed by atoms with Crippen LogP contribution in [-0.2, 0) is 10.0 Å². The standard InChI is InChI=1S/C21H20FN5O3S2/c1-13-20(14(2)30-25-13)32(28,29)27-9-7-26(8-10-27)21-19-17(23-12-24-21)11-18(31-19)15-3-5-16(22)6-4-15/h3-6,11-12H,7-10H2,1-2H3. The van der Waals surface area contributed by atoms with E-state index in [1.54, 1.807) is 37.3 Å². The monoisotopic (exact) mass is 473 g/mol. The summed E-state index contributed by atoms with van der Waals surface area (Å²) in [6.07, 6.45) is 1.52. The Morgan fingerprint density at radius 2 is 1.78 bits per heavy atom. The Bertz CT molecular complexity index is 1370. The SMILES string of the molecule is Cc1noc(C)c1S(=O)(=O)N1CCN(c2ncnc3cc(-c4ccc(F)cc4)sc23)CC1.